The molecule has 9 heteroatoms. The van der Waals surface area contributed by atoms with Gasteiger partial charge in [-0.15, -0.1) is 0 Å². The number of rotatable bonds is 8. The summed E-state index contributed by atoms with van der Waals surface area (Å²) in [6, 6.07) is 15.8. The molecular weight excluding hydrogens is 438 g/mol. The number of hydrogen-bond donors (Lipinski definition) is 2. The van der Waals surface area contributed by atoms with Crippen LogP contribution in [0.4, 0.5) is 5.69 Å². The lowest BCUT2D eigenvalue weighted by molar-refractivity contribution is -0.139. The summed E-state index contributed by atoms with van der Waals surface area (Å²) in [6.07, 6.45) is 0. The number of allylic oxidation sites excluding steroid dienone is 2. The van der Waals surface area contributed by atoms with E-state index in [0.29, 0.717) is 22.7 Å². The summed E-state index contributed by atoms with van der Waals surface area (Å²) in [4.78, 5) is 25.3. The third kappa shape index (κ3) is 5.13. The van der Waals surface area contributed by atoms with E-state index in [1.54, 1.807) is 62.4 Å². The van der Waals surface area contributed by atoms with Gasteiger partial charge >= 0.3 is 5.97 Å². The highest BCUT2D eigenvalue weighted by Gasteiger charge is 2.37. The summed E-state index contributed by atoms with van der Waals surface area (Å²) in [6.45, 7) is 3.07. The Labute approximate surface area is 197 Å². The van der Waals surface area contributed by atoms with Gasteiger partial charge in [0.1, 0.15) is 28.9 Å². The maximum Gasteiger partial charge on any atom is 0.338 e. The fraction of sp³-hybridized carbons (Fsp3) is 0.240. The van der Waals surface area contributed by atoms with Gasteiger partial charge in [0, 0.05) is 5.56 Å². The largest absolute Gasteiger partial charge is 0.495 e. The maximum absolute atomic E-state index is 12.8. The zero-order valence-corrected chi connectivity index (χ0v) is 19.1. The summed E-state index contributed by atoms with van der Waals surface area (Å²) in [5, 5.41) is 12.5. The minimum absolute atomic E-state index is 0.0446. The van der Waals surface area contributed by atoms with Crippen molar-refractivity contribution in [3.05, 3.63) is 76.9 Å². The SMILES string of the molecule is CCOC(=O)C1=C(C)OC(N)=C(C#N)C1c1ccccc1OCC(=O)Nc1ccccc1OC. The number of carbonyl (C=O) groups is 2. The summed E-state index contributed by atoms with van der Waals surface area (Å²) in [5.41, 5.74) is 7.12. The second-order valence-electron chi connectivity index (χ2n) is 7.19. The molecule has 0 aliphatic carbocycles. The number of ether oxygens (including phenoxy) is 4. The fourth-order valence-electron chi connectivity index (χ4n) is 3.59. The number of nitrogens with one attached hydrogen (secondary N) is 1. The van der Waals surface area contributed by atoms with Crippen LogP contribution in [-0.4, -0.2) is 32.2 Å². The van der Waals surface area contributed by atoms with Crippen LogP contribution in [0.2, 0.25) is 0 Å². The Bertz CT molecular complexity index is 1200. The molecule has 0 aromatic heterocycles. The highest BCUT2D eigenvalue weighted by molar-refractivity contribution is 5.94. The van der Waals surface area contributed by atoms with Crippen LogP contribution in [0.25, 0.3) is 0 Å². The summed E-state index contributed by atoms with van der Waals surface area (Å²) in [5.74, 6) is -0.998. The first-order valence-electron chi connectivity index (χ1n) is 10.5. The van der Waals surface area contributed by atoms with Gasteiger partial charge in [-0.05, 0) is 32.0 Å². The van der Waals surface area contributed by atoms with E-state index in [1.807, 2.05) is 6.07 Å². The second kappa shape index (κ2) is 10.9. The molecule has 0 bridgehead atoms. The molecule has 0 radical (unpaired) electrons. The average Bonchev–Trinajstić information content (AvgIpc) is 2.83. The lowest BCUT2D eigenvalue weighted by Crippen LogP contribution is -2.26. The van der Waals surface area contributed by atoms with Crippen LogP contribution in [0.5, 0.6) is 11.5 Å². The van der Waals surface area contributed by atoms with E-state index in [9.17, 15) is 14.9 Å². The molecule has 0 saturated carbocycles. The van der Waals surface area contributed by atoms with Crippen LogP contribution in [-0.2, 0) is 19.1 Å². The molecular formula is C25H25N3O6. The predicted molar refractivity (Wildman–Crippen MR) is 124 cm³/mol. The molecule has 2 aromatic rings. The number of nitrogens with zero attached hydrogens (tertiary/aromatic N) is 1. The van der Waals surface area contributed by atoms with E-state index in [4.69, 9.17) is 24.7 Å². The smallest absolute Gasteiger partial charge is 0.338 e. The Balaban J connectivity index is 1.90. The standard InChI is InChI=1S/C25H25N3O6/c1-4-32-25(30)22-15(2)34-24(27)17(13-26)23(22)16-9-5-7-11-19(16)33-14-21(29)28-18-10-6-8-12-20(18)31-3/h5-12,23H,4,14,27H2,1-3H3,(H,28,29). The first kappa shape index (κ1) is 24.2. The number of para-hydroxylation sites is 3. The van der Waals surface area contributed by atoms with Gasteiger partial charge in [-0.2, -0.15) is 5.26 Å². The Morgan fingerprint density at radius 1 is 1.15 bits per heavy atom. The van der Waals surface area contributed by atoms with Crippen LogP contribution in [0.3, 0.4) is 0 Å². The highest BCUT2D eigenvalue weighted by atomic mass is 16.5. The van der Waals surface area contributed by atoms with E-state index in [2.05, 4.69) is 5.32 Å². The van der Waals surface area contributed by atoms with Crippen LogP contribution in [0.15, 0.2) is 71.3 Å². The molecule has 0 saturated heterocycles. The van der Waals surface area contributed by atoms with Crippen molar-refractivity contribution in [1.29, 1.82) is 5.26 Å². The first-order valence-corrected chi connectivity index (χ1v) is 10.5. The molecule has 3 N–H and O–H groups in total. The molecule has 34 heavy (non-hydrogen) atoms. The molecule has 1 unspecified atom stereocenters. The van der Waals surface area contributed by atoms with Crippen molar-refractivity contribution in [3.8, 4) is 17.6 Å². The Hall–Kier alpha value is -4.45. The molecule has 1 amide bonds. The third-order valence-electron chi connectivity index (χ3n) is 5.07. The van der Waals surface area contributed by atoms with Gasteiger partial charge < -0.3 is 30.0 Å². The molecule has 0 fully saturated rings. The minimum Gasteiger partial charge on any atom is -0.495 e. The van der Waals surface area contributed by atoms with Gasteiger partial charge in [0.05, 0.1) is 30.9 Å². The van der Waals surface area contributed by atoms with Crippen LogP contribution < -0.4 is 20.5 Å². The van der Waals surface area contributed by atoms with Crippen molar-refractivity contribution in [1.82, 2.24) is 0 Å². The Morgan fingerprint density at radius 2 is 1.82 bits per heavy atom. The van der Waals surface area contributed by atoms with E-state index in [-0.39, 0.29) is 36.0 Å². The number of amides is 1. The van der Waals surface area contributed by atoms with E-state index >= 15 is 0 Å². The van der Waals surface area contributed by atoms with Gasteiger partial charge in [0.15, 0.2) is 6.61 Å². The van der Waals surface area contributed by atoms with Gasteiger partial charge in [0.25, 0.3) is 5.91 Å². The molecule has 176 valence electrons. The number of anilines is 1. The van der Waals surface area contributed by atoms with Gasteiger partial charge in [-0.1, -0.05) is 30.3 Å². The van der Waals surface area contributed by atoms with Gasteiger partial charge in [0.2, 0.25) is 5.88 Å². The summed E-state index contributed by atoms with van der Waals surface area (Å²) >= 11 is 0. The Kier molecular flexibility index (Phi) is 7.77. The number of methoxy groups -OCH3 is 1. The molecule has 0 spiro atoms. The Morgan fingerprint density at radius 3 is 2.50 bits per heavy atom. The number of hydrogen-bond acceptors (Lipinski definition) is 8. The topological polar surface area (TPSA) is 133 Å². The van der Waals surface area contributed by atoms with E-state index < -0.39 is 17.8 Å². The van der Waals surface area contributed by atoms with Crippen LogP contribution in [0, 0.1) is 11.3 Å². The number of nitriles is 1. The van der Waals surface area contributed by atoms with Crippen LogP contribution >= 0.6 is 0 Å². The lowest BCUT2D eigenvalue weighted by atomic mass is 9.82. The molecule has 3 rings (SSSR count). The van der Waals surface area contributed by atoms with Crippen molar-refractivity contribution in [2.75, 3.05) is 25.6 Å². The summed E-state index contributed by atoms with van der Waals surface area (Å²) < 4.78 is 21.7. The zero-order chi connectivity index (χ0) is 24.7. The third-order valence-corrected chi connectivity index (χ3v) is 5.07. The first-order chi connectivity index (χ1) is 16.4. The molecule has 1 heterocycles. The second-order valence-corrected chi connectivity index (χ2v) is 7.19. The molecule has 1 atom stereocenters. The van der Waals surface area contributed by atoms with Gasteiger partial charge in [-0.25, -0.2) is 4.79 Å². The quantitative estimate of drug-likeness (QED) is 0.570. The average molecular weight is 463 g/mol. The monoisotopic (exact) mass is 463 g/mol. The molecule has 1 aliphatic rings. The minimum atomic E-state index is -0.883. The van der Waals surface area contributed by atoms with Crippen molar-refractivity contribution in [2.45, 2.75) is 19.8 Å². The number of carbonyl (C=O) groups excluding carboxylic acids is 2. The van der Waals surface area contributed by atoms with Crippen molar-refractivity contribution < 1.29 is 28.5 Å². The van der Waals surface area contributed by atoms with E-state index in [1.165, 1.54) is 7.11 Å². The van der Waals surface area contributed by atoms with Crippen LogP contribution in [0.1, 0.15) is 25.3 Å². The van der Waals surface area contributed by atoms with Gasteiger partial charge in [-0.3, -0.25) is 4.79 Å². The number of benzene rings is 2. The van der Waals surface area contributed by atoms with E-state index in [0.717, 1.165) is 0 Å². The highest BCUT2D eigenvalue weighted by Crippen LogP contribution is 2.42. The zero-order valence-electron chi connectivity index (χ0n) is 19.1. The lowest BCUT2D eigenvalue weighted by Gasteiger charge is -2.28. The molecule has 9 nitrogen and oxygen atoms in total. The van der Waals surface area contributed by atoms with Crippen molar-refractivity contribution in [3.63, 3.8) is 0 Å². The summed E-state index contributed by atoms with van der Waals surface area (Å²) in [7, 11) is 1.51. The normalized spacial score (nSPS) is 15.2. The maximum atomic E-state index is 12.8. The fourth-order valence-corrected chi connectivity index (χ4v) is 3.59. The van der Waals surface area contributed by atoms with Crippen molar-refractivity contribution >= 4 is 17.6 Å². The predicted octanol–water partition coefficient (Wildman–Crippen LogP) is 3.36. The molecule has 1 aliphatic heterocycles. The number of nitrogens with two attached hydrogens (primary N) is 1. The molecule has 2 aromatic carbocycles. The number of esters is 1. The van der Waals surface area contributed by atoms with Crippen molar-refractivity contribution in [2.24, 2.45) is 5.73 Å².